The van der Waals surface area contributed by atoms with E-state index in [0.717, 1.165) is 35.4 Å². The van der Waals surface area contributed by atoms with Gasteiger partial charge in [-0.25, -0.2) is 0 Å². The molecule has 4 rings (SSSR count). The average molecular weight is 382 g/mol. The van der Waals surface area contributed by atoms with Gasteiger partial charge in [0.05, 0.1) is 11.7 Å². The Labute approximate surface area is 162 Å². The first kappa shape index (κ1) is 17.9. The standard InChI is InChI=1S/C20H22N4O2S/c1-20(2)13-24(10-9-21-20)19(25)15-4-6-16(7-5-15)26-12-14-3-8-17-18(11-14)23-27-22-17/h3-8,11,21H,9-10,12-13H2,1-2H3. The van der Waals surface area contributed by atoms with Crippen LogP contribution in [-0.4, -0.2) is 44.7 Å². The molecule has 6 nitrogen and oxygen atoms in total. The number of nitrogens with zero attached hydrogens (tertiary/aromatic N) is 3. The molecule has 140 valence electrons. The van der Waals surface area contributed by atoms with Gasteiger partial charge >= 0.3 is 0 Å². The molecule has 3 aromatic rings. The SMILES string of the molecule is CC1(C)CN(C(=O)c2ccc(OCc3ccc4nsnc4c3)cc2)CCN1. The summed E-state index contributed by atoms with van der Waals surface area (Å²) in [5.41, 5.74) is 3.47. The van der Waals surface area contributed by atoms with Crippen molar-refractivity contribution < 1.29 is 9.53 Å². The Kier molecular flexibility index (Phi) is 4.80. The highest BCUT2D eigenvalue weighted by atomic mass is 32.1. The van der Waals surface area contributed by atoms with E-state index in [1.165, 1.54) is 11.7 Å². The van der Waals surface area contributed by atoms with E-state index < -0.39 is 0 Å². The number of benzene rings is 2. The summed E-state index contributed by atoms with van der Waals surface area (Å²) in [6.07, 6.45) is 0. The minimum Gasteiger partial charge on any atom is -0.489 e. The van der Waals surface area contributed by atoms with Gasteiger partial charge in [0, 0.05) is 30.7 Å². The lowest BCUT2D eigenvalue weighted by atomic mass is 10.0. The molecule has 2 heterocycles. The Morgan fingerprint density at radius 3 is 2.74 bits per heavy atom. The molecule has 0 radical (unpaired) electrons. The van der Waals surface area contributed by atoms with Crippen molar-refractivity contribution in [1.29, 1.82) is 0 Å². The van der Waals surface area contributed by atoms with Gasteiger partial charge in [-0.3, -0.25) is 4.79 Å². The zero-order valence-electron chi connectivity index (χ0n) is 15.4. The van der Waals surface area contributed by atoms with E-state index in [-0.39, 0.29) is 11.4 Å². The molecular formula is C20H22N4O2S. The molecule has 27 heavy (non-hydrogen) atoms. The molecule has 0 saturated carbocycles. The third kappa shape index (κ3) is 4.09. The number of piperazine rings is 1. The van der Waals surface area contributed by atoms with E-state index >= 15 is 0 Å². The van der Waals surface area contributed by atoms with Crippen LogP contribution in [0.2, 0.25) is 0 Å². The molecule has 1 amide bonds. The number of amides is 1. The summed E-state index contributed by atoms with van der Waals surface area (Å²) in [6, 6.07) is 13.3. The molecule has 0 unspecified atom stereocenters. The van der Waals surface area contributed by atoms with Crippen molar-refractivity contribution in [3.8, 4) is 5.75 Å². The van der Waals surface area contributed by atoms with Gasteiger partial charge in [-0.1, -0.05) is 6.07 Å². The second-order valence-corrected chi connectivity index (χ2v) is 7.97. The topological polar surface area (TPSA) is 67.4 Å². The van der Waals surface area contributed by atoms with Crippen molar-refractivity contribution in [1.82, 2.24) is 19.0 Å². The second-order valence-electron chi connectivity index (χ2n) is 7.44. The van der Waals surface area contributed by atoms with Crippen LogP contribution in [0.25, 0.3) is 11.0 Å². The predicted octanol–water partition coefficient (Wildman–Crippen LogP) is 3.09. The van der Waals surface area contributed by atoms with Crippen molar-refractivity contribution in [2.24, 2.45) is 0 Å². The number of ether oxygens (including phenoxy) is 1. The molecule has 1 aliphatic heterocycles. The maximum Gasteiger partial charge on any atom is 0.253 e. The number of carbonyl (C=O) groups excluding carboxylic acids is 1. The van der Waals surface area contributed by atoms with Crippen LogP contribution in [0.4, 0.5) is 0 Å². The van der Waals surface area contributed by atoms with Crippen LogP contribution in [0.5, 0.6) is 5.75 Å². The van der Waals surface area contributed by atoms with Crippen molar-refractivity contribution in [2.75, 3.05) is 19.6 Å². The lowest BCUT2D eigenvalue weighted by molar-refractivity contribution is 0.0652. The third-order valence-electron chi connectivity index (χ3n) is 4.68. The molecule has 0 aliphatic carbocycles. The minimum atomic E-state index is -0.0507. The molecule has 1 aromatic heterocycles. The van der Waals surface area contributed by atoms with E-state index in [2.05, 4.69) is 27.9 Å². The van der Waals surface area contributed by atoms with Gasteiger partial charge in [0.1, 0.15) is 23.4 Å². The van der Waals surface area contributed by atoms with Gasteiger partial charge < -0.3 is 15.0 Å². The first-order chi connectivity index (χ1) is 13.0. The highest BCUT2D eigenvalue weighted by Crippen LogP contribution is 2.19. The normalized spacial score (nSPS) is 16.4. The van der Waals surface area contributed by atoms with Crippen LogP contribution in [0.3, 0.4) is 0 Å². The predicted molar refractivity (Wildman–Crippen MR) is 106 cm³/mol. The molecule has 1 N–H and O–H groups in total. The summed E-state index contributed by atoms with van der Waals surface area (Å²) in [6.45, 7) is 6.93. The maximum absolute atomic E-state index is 12.7. The zero-order valence-corrected chi connectivity index (χ0v) is 16.3. The first-order valence-corrected chi connectivity index (χ1v) is 9.72. The van der Waals surface area contributed by atoms with E-state index in [0.29, 0.717) is 18.7 Å². The van der Waals surface area contributed by atoms with Gasteiger partial charge in [0.25, 0.3) is 5.91 Å². The molecule has 2 aromatic carbocycles. The van der Waals surface area contributed by atoms with Gasteiger partial charge in [-0.15, -0.1) is 0 Å². The molecule has 0 spiro atoms. The fourth-order valence-electron chi connectivity index (χ4n) is 3.28. The molecule has 1 fully saturated rings. The second kappa shape index (κ2) is 7.25. The maximum atomic E-state index is 12.7. The fraction of sp³-hybridized carbons (Fsp3) is 0.350. The fourth-order valence-corrected chi connectivity index (χ4v) is 3.79. The molecule has 0 bridgehead atoms. The highest BCUT2D eigenvalue weighted by molar-refractivity contribution is 7.00. The summed E-state index contributed by atoms with van der Waals surface area (Å²) in [7, 11) is 0. The molecular weight excluding hydrogens is 360 g/mol. The Hall–Kier alpha value is -2.51. The Bertz CT molecular complexity index is 952. The number of nitrogens with one attached hydrogen (secondary N) is 1. The largest absolute Gasteiger partial charge is 0.489 e. The quantitative estimate of drug-likeness (QED) is 0.751. The van der Waals surface area contributed by atoms with Crippen LogP contribution in [0, 0.1) is 0 Å². The first-order valence-electron chi connectivity index (χ1n) is 8.99. The van der Waals surface area contributed by atoms with Gasteiger partial charge in [-0.05, 0) is 55.8 Å². The molecule has 0 atom stereocenters. The molecule has 1 saturated heterocycles. The zero-order chi connectivity index (χ0) is 18.9. The van der Waals surface area contributed by atoms with Crippen LogP contribution >= 0.6 is 11.7 Å². The number of carbonyl (C=O) groups is 1. The van der Waals surface area contributed by atoms with E-state index in [4.69, 9.17) is 4.74 Å². The number of rotatable bonds is 4. The van der Waals surface area contributed by atoms with Crippen LogP contribution in [-0.2, 0) is 6.61 Å². The smallest absolute Gasteiger partial charge is 0.253 e. The lowest BCUT2D eigenvalue weighted by Gasteiger charge is -2.39. The van der Waals surface area contributed by atoms with Crippen LogP contribution in [0.15, 0.2) is 42.5 Å². The van der Waals surface area contributed by atoms with Crippen LogP contribution in [0.1, 0.15) is 29.8 Å². The summed E-state index contributed by atoms with van der Waals surface area (Å²) in [5, 5.41) is 3.42. The van der Waals surface area contributed by atoms with Gasteiger partial charge in [0.2, 0.25) is 0 Å². The third-order valence-corrected chi connectivity index (χ3v) is 5.24. The summed E-state index contributed by atoms with van der Waals surface area (Å²) in [5.74, 6) is 0.807. The van der Waals surface area contributed by atoms with E-state index in [9.17, 15) is 4.79 Å². The van der Waals surface area contributed by atoms with Crippen molar-refractivity contribution in [3.05, 3.63) is 53.6 Å². The Balaban J connectivity index is 1.39. The van der Waals surface area contributed by atoms with E-state index in [1.54, 1.807) is 0 Å². The van der Waals surface area contributed by atoms with Crippen molar-refractivity contribution in [3.63, 3.8) is 0 Å². The number of hydrogen-bond donors (Lipinski definition) is 1. The summed E-state index contributed by atoms with van der Waals surface area (Å²) in [4.78, 5) is 14.6. The monoisotopic (exact) mass is 382 g/mol. The summed E-state index contributed by atoms with van der Waals surface area (Å²) < 4.78 is 14.3. The van der Waals surface area contributed by atoms with Crippen LogP contribution < -0.4 is 10.1 Å². The Morgan fingerprint density at radius 1 is 1.19 bits per heavy atom. The molecule has 1 aliphatic rings. The Morgan fingerprint density at radius 2 is 1.96 bits per heavy atom. The average Bonchev–Trinajstić information content (AvgIpc) is 3.13. The van der Waals surface area contributed by atoms with Crippen molar-refractivity contribution in [2.45, 2.75) is 26.0 Å². The minimum absolute atomic E-state index is 0.0507. The van der Waals surface area contributed by atoms with E-state index in [1.807, 2.05) is 47.4 Å². The highest BCUT2D eigenvalue weighted by Gasteiger charge is 2.28. The molecule has 7 heteroatoms. The van der Waals surface area contributed by atoms with Gasteiger partial charge in [-0.2, -0.15) is 8.75 Å². The van der Waals surface area contributed by atoms with Crippen molar-refractivity contribution >= 4 is 28.7 Å². The number of aromatic nitrogens is 2. The number of fused-ring (bicyclic) bond motifs is 1. The van der Waals surface area contributed by atoms with Gasteiger partial charge in [0.15, 0.2) is 0 Å². The number of hydrogen-bond acceptors (Lipinski definition) is 6. The summed E-state index contributed by atoms with van der Waals surface area (Å²) >= 11 is 1.21. The lowest BCUT2D eigenvalue weighted by Crippen LogP contribution is -2.58.